The van der Waals surface area contributed by atoms with Crippen molar-refractivity contribution in [2.45, 2.75) is 31.4 Å². The summed E-state index contributed by atoms with van der Waals surface area (Å²) in [4.78, 5) is 10.8. The van der Waals surface area contributed by atoms with Crippen LogP contribution in [0.3, 0.4) is 0 Å². The van der Waals surface area contributed by atoms with Crippen molar-refractivity contribution in [3.05, 3.63) is 23.3 Å². The minimum absolute atomic E-state index is 0.129. The molecule has 7 heteroatoms. The molecule has 0 bridgehead atoms. The highest BCUT2D eigenvalue weighted by molar-refractivity contribution is 5.68. The minimum atomic E-state index is -4.72. The first-order chi connectivity index (χ1) is 9.20. The van der Waals surface area contributed by atoms with Crippen molar-refractivity contribution in [3.63, 3.8) is 0 Å². The van der Waals surface area contributed by atoms with Gasteiger partial charge in [-0.15, -0.1) is 0 Å². The second kappa shape index (κ2) is 4.88. The Morgan fingerprint density at radius 1 is 1.25 bits per heavy atom. The number of halogens is 3. The highest BCUT2D eigenvalue weighted by Crippen LogP contribution is 2.49. The van der Waals surface area contributed by atoms with Crippen LogP contribution in [-0.2, 0) is 11.0 Å². The summed E-state index contributed by atoms with van der Waals surface area (Å²) in [5.41, 5.74) is -1.36. The van der Waals surface area contributed by atoms with Crippen LogP contribution in [0, 0.1) is 5.92 Å². The Kier molecular flexibility index (Phi) is 3.54. The highest BCUT2D eigenvalue weighted by atomic mass is 19.4. The molecule has 0 radical (unpaired) electrons. The topological polar surface area (TPSA) is 77.8 Å². The van der Waals surface area contributed by atoms with Crippen LogP contribution in [0.5, 0.6) is 11.5 Å². The number of carboxylic acid groups (broad SMARTS) is 1. The fourth-order valence-electron chi connectivity index (χ4n) is 2.36. The molecule has 0 amide bonds. The fourth-order valence-corrected chi connectivity index (χ4v) is 2.36. The number of benzene rings is 1. The van der Waals surface area contributed by atoms with E-state index in [4.69, 9.17) is 5.11 Å². The third-order valence-corrected chi connectivity index (χ3v) is 3.44. The van der Waals surface area contributed by atoms with E-state index in [-0.39, 0.29) is 11.5 Å². The average Bonchev–Trinajstić information content (AvgIpc) is 3.11. The van der Waals surface area contributed by atoms with E-state index in [2.05, 4.69) is 0 Å². The first-order valence-corrected chi connectivity index (χ1v) is 6.05. The number of carbonyl (C=O) groups is 1. The van der Waals surface area contributed by atoms with Crippen LogP contribution >= 0.6 is 0 Å². The van der Waals surface area contributed by atoms with Crippen LogP contribution in [0.15, 0.2) is 12.1 Å². The number of aromatic hydroxyl groups is 2. The van der Waals surface area contributed by atoms with Crippen molar-refractivity contribution in [2.75, 3.05) is 0 Å². The molecular weight excluding hydrogens is 277 g/mol. The van der Waals surface area contributed by atoms with Crippen LogP contribution < -0.4 is 0 Å². The van der Waals surface area contributed by atoms with Crippen molar-refractivity contribution in [2.24, 2.45) is 5.92 Å². The molecule has 0 aromatic heterocycles. The van der Waals surface area contributed by atoms with E-state index in [0.29, 0.717) is 18.9 Å². The monoisotopic (exact) mass is 290 g/mol. The average molecular weight is 290 g/mol. The smallest absolute Gasteiger partial charge is 0.416 e. The van der Waals surface area contributed by atoms with Crippen molar-refractivity contribution in [3.8, 4) is 11.5 Å². The van der Waals surface area contributed by atoms with Gasteiger partial charge < -0.3 is 15.3 Å². The third-order valence-electron chi connectivity index (χ3n) is 3.44. The fraction of sp³-hybridized carbons (Fsp3) is 0.462. The molecule has 0 aliphatic heterocycles. The molecular formula is C13H13F3O4. The largest absolute Gasteiger partial charge is 0.504 e. The minimum Gasteiger partial charge on any atom is -0.504 e. The number of phenols is 2. The Bertz CT molecular complexity index is 535. The molecule has 4 nitrogen and oxygen atoms in total. The van der Waals surface area contributed by atoms with Gasteiger partial charge in [-0.2, -0.15) is 13.2 Å². The summed E-state index contributed by atoms with van der Waals surface area (Å²) in [7, 11) is 0. The lowest BCUT2D eigenvalue weighted by molar-refractivity contribution is -0.141. The van der Waals surface area contributed by atoms with Crippen molar-refractivity contribution in [1.82, 2.24) is 0 Å². The normalized spacial score (nSPS) is 16.9. The van der Waals surface area contributed by atoms with Gasteiger partial charge in [-0.25, -0.2) is 0 Å². The van der Waals surface area contributed by atoms with Gasteiger partial charge in [0.1, 0.15) is 0 Å². The summed E-state index contributed by atoms with van der Waals surface area (Å²) in [6.07, 6.45) is -3.82. The number of rotatable bonds is 4. The second-order valence-electron chi connectivity index (χ2n) is 4.97. The summed E-state index contributed by atoms with van der Waals surface area (Å²) in [6, 6.07) is 1.27. The van der Waals surface area contributed by atoms with Crippen molar-refractivity contribution < 1.29 is 33.3 Å². The van der Waals surface area contributed by atoms with Crippen LogP contribution in [-0.4, -0.2) is 21.3 Å². The molecule has 1 fully saturated rings. The molecule has 1 atom stereocenters. The number of hydrogen-bond donors (Lipinski definition) is 3. The van der Waals surface area contributed by atoms with Gasteiger partial charge in [0.05, 0.1) is 12.0 Å². The van der Waals surface area contributed by atoms with Crippen molar-refractivity contribution in [1.29, 1.82) is 0 Å². The number of hydrogen-bond acceptors (Lipinski definition) is 3. The molecule has 0 heterocycles. The Balaban J connectivity index is 2.52. The molecule has 0 spiro atoms. The van der Waals surface area contributed by atoms with Gasteiger partial charge in [0.25, 0.3) is 0 Å². The zero-order valence-corrected chi connectivity index (χ0v) is 10.3. The van der Waals surface area contributed by atoms with E-state index >= 15 is 0 Å². The molecule has 1 aromatic carbocycles. The maximum atomic E-state index is 13.0. The van der Waals surface area contributed by atoms with E-state index in [0.717, 1.165) is 6.07 Å². The molecule has 2 rings (SSSR count). The first-order valence-electron chi connectivity index (χ1n) is 6.05. The molecule has 1 aromatic rings. The number of carboxylic acids is 1. The van der Waals surface area contributed by atoms with E-state index in [1.165, 1.54) is 0 Å². The molecule has 1 aliphatic rings. The molecule has 3 N–H and O–H groups in total. The van der Waals surface area contributed by atoms with E-state index in [1.54, 1.807) is 0 Å². The standard InChI is InChI=1S/C13H13F3O4/c14-13(15,16)9-5-11(18)10(17)3-8(9)7(4-12(19)20)6-1-2-6/h3,5-7,17-18H,1-2,4H2,(H,19,20). The van der Waals surface area contributed by atoms with Gasteiger partial charge in [0, 0.05) is 0 Å². The maximum Gasteiger partial charge on any atom is 0.416 e. The van der Waals surface area contributed by atoms with Crippen molar-refractivity contribution >= 4 is 5.97 Å². The summed E-state index contributed by atoms with van der Waals surface area (Å²) >= 11 is 0. The summed E-state index contributed by atoms with van der Waals surface area (Å²) < 4.78 is 39.0. The number of aliphatic carboxylic acids is 1. The van der Waals surface area contributed by atoms with Gasteiger partial charge in [-0.1, -0.05) is 0 Å². The zero-order valence-electron chi connectivity index (χ0n) is 10.3. The van der Waals surface area contributed by atoms with Crippen LogP contribution in [0.2, 0.25) is 0 Å². The molecule has 0 saturated heterocycles. The molecule has 1 saturated carbocycles. The lowest BCUT2D eigenvalue weighted by Crippen LogP contribution is -2.15. The molecule has 20 heavy (non-hydrogen) atoms. The summed E-state index contributed by atoms with van der Waals surface area (Å²) in [5.74, 6) is -3.68. The lowest BCUT2D eigenvalue weighted by atomic mass is 9.87. The number of phenolic OH excluding ortho intramolecular Hbond substituents is 2. The lowest BCUT2D eigenvalue weighted by Gasteiger charge is -2.21. The second-order valence-corrected chi connectivity index (χ2v) is 4.97. The summed E-state index contributed by atoms with van der Waals surface area (Å²) in [6.45, 7) is 0. The van der Waals surface area contributed by atoms with Crippen LogP contribution in [0.1, 0.15) is 36.3 Å². The number of alkyl halides is 3. The Morgan fingerprint density at radius 2 is 1.80 bits per heavy atom. The van der Waals surface area contributed by atoms with Crippen LogP contribution in [0.4, 0.5) is 13.2 Å². The van der Waals surface area contributed by atoms with Gasteiger partial charge in [0.2, 0.25) is 0 Å². The van der Waals surface area contributed by atoms with Gasteiger partial charge in [-0.05, 0) is 42.4 Å². The van der Waals surface area contributed by atoms with E-state index < -0.39 is 41.5 Å². The third kappa shape index (κ3) is 2.97. The Hall–Kier alpha value is -1.92. The predicted octanol–water partition coefficient (Wildman–Crippen LogP) is 3.08. The highest BCUT2D eigenvalue weighted by Gasteiger charge is 2.41. The Morgan fingerprint density at radius 3 is 2.25 bits per heavy atom. The first kappa shape index (κ1) is 14.5. The van der Waals surface area contributed by atoms with Gasteiger partial charge >= 0.3 is 12.1 Å². The SMILES string of the molecule is O=C(O)CC(c1cc(O)c(O)cc1C(F)(F)F)C1CC1. The van der Waals surface area contributed by atoms with Crippen LogP contribution in [0.25, 0.3) is 0 Å². The molecule has 1 aliphatic carbocycles. The summed E-state index contributed by atoms with van der Waals surface area (Å²) in [5, 5.41) is 27.5. The zero-order chi connectivity index (χ0) is 15.1. The van der Waals surface area contributed by atoms with E-state index in [1.807, 2.05) is 0 Å². The maximum absolute atomic E-state index is 13.0. The predicted molar refractivity (Wildman–Crippen MR) is 62.5 cm³/mol. The molecule has 1 unspecified atom stereocenters. The Labute approximate surface area is 112 Å². The quantitative estimate of drug-likeness (QED) is 0.745. The van der Waals surface area contributed by atoms with Gasteiger partial charge in [-0.3, -0.25) is 4.79 Å². The van der Waals surface area contributed by atoms with Gasteiger partial charge in [0.15, 0.2) is 11.5 Å². The molecule has 110 valence electrons. The van der Waals surface area contributed by atoms with E-state index in [9.17, 15) is 28.2 Å².